The van der Waals surface area contributed by atoms with E-state index >= 15 is 0 Å². The summed E-state index contributed by atoms with van der Waals surface area (Å²) in [6, 6.07) is 24.4. The van der Waals surface area contributed by atoms with Crippen LogP contribution >= 0.6 is 11.6 Å². The lowest BCUT2D eigenvalue weighted by Gasteiger charge is -2.57. The highest BCUT2D eigenvalue weighted by Gasteiger charge is 2.53. The molecular weight excluding hydrogens is 552 g/mol. The van der Waals surface area contributed by atoms with E-state index in [2.05, 4.69) is 50.6 Å². The number of benzene rings is 3. The number of hydrogen-bond acceptors (Lipinski definition) is 6. The van der Waals surface area contributed by atoms with E-state index in [0.717, 1.165) is 47.8 Å². The van der Waals surface area contributed by atoms with E-state index in [9.17, 15) is 14.9 Å². The van der Waals surface area contributed by atoms with Crippen LogP contribution in [0.1, 0.15) is 36.0 Å². The molecular formula is C32H27ClN6O3. The number of fused-ring (bicyclic) bond motifs is 1. The predicted molar refractivity (Wildman–Crippen MR) is 162 cm³/mol. The fourth-order valence-corrected chi connectivity index (χ4v) is 6.68. The van der Waals surface area contributed by atoms with Crippen LogP contribution in [0, 0.1) is 15.5 Å². The minimum atomic E-state index is -0.473. The molecule has 42 heavy (non-hydrogen) atoms. The van der Waals surface area contributed by atoms with E-state index in [4.69, 9.17) is 16.6 Å². The molecule has 0 aliphatic heterocycles. The first-order valence-corrected chi connectivity index (χ1v) is 14.3. The summed E-state index contributed by atoms with van der Waals surface area (Å²) in [5, 5.41) is 19.0. The Morgan fingerprint density at radius 2 is 1.64 bits per heavy atom. The average molecular weight is 579 g/mol. The summed E-state index contributed by atoms with van der Waals surface area (Å²) in [5.74, 6) is 0.350. The monoisotopic (exact) mass is 578 g/mol. The average Bonchev–Trinajstić information content (AvgIpc) is 3.36. The van der Waals surface area contributed by atoms with E-state index in [0.29, 0.717) is 22.2 Å². The zero-order chi connectivity index (χ0) is 28.8. The topological polar surface area (TPSA) is 115 Å². The number of nitro groups is 1. The maximum absolute atomic E-state index is 12.6. The van der Waals surface area contributed by atoms with Gasteiger partial charge in [0.05, 0.1) is 27.4 Å². The molecule has 0 radical (unpaired) electrons. The van der Waals surface area contributed by atoms with Crippen molar-refractivity contribution in [1.29, 1.82) is 0 Å². The van der Waals surface area contributed by atoms with Crippen LogP contribution < -0.4 is 10.6 Å². The lowest BCUT2D eigenvalue weighted by atomic mass is 9.52. The number of amides is 1. The minimum absolute atomic E-state index is 0.0297. The number of nitro benzene ring substituents is 1. The van der Waals surface area contributed by atoms with Crippen LogP contribution in [0.4, 0.5) is 11.6 Å². The molecule has 2 N–H and O–H groups in total. The van der Waals surface area contributed by atoms with Crippen LogP contribution in [0.15, 0.2) is 91.3 Å². The SMILES string of the molecule is O=C(NC1CC2(C1)CC(Nc1ncc(Cl)c(-c3cn(-c4ccccc4)c4ccccc34)n1)C2)c1ccc([N+](=O)[O-])cc1. The van der Waals surface area contributed by atoms with Crippen molar-refractivity contribution in [2.24, 2.45) is 5.41 Å². The van der Waals surface area contributed by atoms with E-state index in [1.54, 1.807) is 6.20 Å². The molecule has 0 atom stereocenters. The molecule has 3 aromatic carbocycles. The molecule has 2 aromatic heterocycles. The van der Waals surface area contributed by atoms with Crippen molar-refractivity contribution in [1.82, 2.24) is 19.9 Å². The summed E-state index contributed by atoms with van der Waals surface area (Å²) in [4.78, 5) is 32.3. The molecule has 1 spiro atoms. The van der Waals surface area contributed by atoms with Crippen LogP contribution in [-0.4, -0.2) is 37.4 Å². The Balaban J connectivity index is 1.00. The smallest absolute Gasteiger partial charge is 0.269 e. The molecule has 2 aliphatic rings. The lowest BCUT2D eigenvalue weighted by molar-refractivity contribution is -0.384. The van der Waals surface area contributed by atoms with Gasteiger partial charge >= 0.3 is 0 Å². The van der Waals surface area contributed by atoms with Crippen LogP contribution in [0.5, 0.6) is 0 Å². The Labute approximate surface area is 246 Å². The van der Waals surface area contributed by atoms with E-state index in [-0.39, 0.29) is 29.1 Å². The Morgan fingerprint density at radius 3 is 2.38 bits per heavy atom. The second-order valence-electron chi connectivity index (χ2n) is 11.3. The molecule has 1 amide bonds. The predicted octanol–water partition coefficient (Wildman–Crippen LogP) is 6.80. The van der Waals surface area contributed by atoms with Gasteiger partial charge in [0.15, 0.2) is 0 Å². The maximum atomic E-state index is 12.6. The molecule has 0 saturated heterocycles. The van der Waals surface area contributed by atoms with Crippen LogP contribution in [0.2, 0.25) is 5.02 Å². The number of nitrogens with zero attached hydrogens (tertiary/aromatic N) is 4. The number of carbonyl (C=O) groups is 1. The van der Waals surface area contributed by atoms with Crippen LogP contribution in [0.3, 0.4) is 0 Å². The Kier molecular flexibility index (Phi) is 6.39. The van der Waals surface area contributed by atoms with Crippen molar-refractivity contribution in [3.8, 4) is 16.9 Å². The molecule has 5 aromatic rings. The van der Waals surface area contributed by atoms with Gasteiger partial charge in [-0.15, -0.1) is 0 Å². The zero-order valence-electron chi connectivity index (χ0n) is 22.5. The van der Waals surface area contributed by atoms with Gasteiger partial charge in [-0.2, -0.15) is 0 Å². The van der Waals surface area contributed by atoms with Gasteiger partial charge in [0.1, 0.15) is 0 Å². The molecule has 2 saturated carbocycles. The van der Waals surface area contributed by atoms with Gasteiger partial charge in [0.25, 0.3) is 11.6 Å². The summed E-state index contributed by atoms with van der Waals surface area (Å²) in [6.45, 7) is 0. The van der Waals surface area contributed by atoms with E-state index in [1.807, 2.05) is 30.3 Å². The van der Waals surface area contributed by atoms with E-state index < -0.39 is 4.92 Å². The number of rotatable bonds is 7. The molecule has 7 rings (SSSR count). The highest BCUT2D eigenvalue weighted by Crippen LogP contribution is 2.56. The fraction of sp³-hybridized carbons (Fsp3) is 0.219. The zero-order valence-corrected chi connectivity index (χ0v) is 23.3. The van der Waals surface area contributed by atoms with Crippen LogP contribution in [0.25, 0.3) is 27.8 Å². The maximum Gasteiger partial charge on any atom is 0.269 e. The first-order valence-electron chi connectivity index (χ1n) is 13.9. The second-order valence-corrected chi connectivity index (χ2v) is 11.7. The second kappa shape index (κ2) is 10.3. The molecule has 2 heterocycles. The number of anilines is 1. The number of hydrogen-bond donors (Lipinski definition) is 2. The van der Waals surface area contributed by atoms with Crippen molar-refractivity contribution < 1.29 is 9.72 Å². The third kappa shape index (κ3) is 4.75. The van der Waals surface area contributed by atoms with Gasteiger partial charge in [-0.1, -0.05) is 48.0 Å². The minimum Gasteiger partial charge on any atom is -0.351 e. The summed E-state index contributed by atoms with van der Waals surface area (Å²) >= 11 is 6.64. The Morgan fingerprint density at radius 1 is 0.952 bits per heavy atom. The van der Waals surface area contributed by atoms with Crippen molar-refractivity contribution >= 4 is 40.0 Å². The first kappa shape index (κ1) is 26.2. The van der Waals surface area contributed by atoms with Gasteiger partial charge in [-0.05, 0) is 61.4 Å². The molecule has 9 nitrogen and oxygen atoms in total. The molecule has 210 valence electrons. The van der Waals surface area contributed by atoms with Gasteiger partial charge < -0.3 is 15.2 Å². The number of para-hydroxylation sites is 2. The highest BCUT2D eigenvalue weighted by molar-refractivity contribution is 6.33. The number of aromatic nitrogens is 3. The Bertz CT molecular complexity index is 1810. The Hall–Kier alpha value is -4.76. The fourth-order valence-electron chi connectivity index (χ4n) is 6.49. The molecule has 2 fully saturated rings. The molecule has 10 heteroatoms. The van der Waals surface area contributed by atoms with Crippen molar-refractivity contribution in [2.45, 2.75) is 37.8 Å². The number of nitrogens with one attached hydrogen (secondary N) is 2. The quantitative estimate of drug-likeness (QED) is 0.162. The van der Waals surface area contributed by atoms with Crippen molar-refractivity contribution in [3.05, 3.63) is 112 Å². The van der Waals surface area contributed by atoms with Crippen molar-refractivity contribution in [2.75, 3.05) is 5.32 Å². The van der Waals surface area contributed by atoms with Crippen LogP contribution in [-0.2, 0) is 0 Å². The highest BCUT2D eigenvalue weighted by atomic mass is 35.5. The summed E-state index contributed by atoms with van der Waals surface area (Å²) < 4.78 is 2.15. The summed E-state index contributed by atoms with van der Waals surface area (Å²) in [7, 11) is 0. The van der Waals surface area contributed by atoms with Crippen molar-refractivity contribution in [3.63, 3.8) is 0 Å². The van der Waals surface area contributed by atoms with Gasteiger partial charge in [-0.3, -0.25) is 14.9 Å². The molecule has 0 unspecified atom stereocenters. The third-order valence-corrected chi connectivity index (χ3v) is 8.75. The molecule has 0 bridgehead atoms. The van der Waals surface area contributed by atoms with Gasteiger partial charge in [0.2, 0.25) is 5.95 Å². The number of halogens is 1. The largest absolute Gasteiger partial charge is 0.351 e. The standard InChI is InChI=1S/C32H27ClN6O3/c33-27-18-34-31(37-29(27)26-19-38(23-6-2-1-3-7-23)28-9-5-4-8-25(26)28)36-22-16-32(17-22)14-21(15-32)35-30(40)20-10-12-24(13-11-20)39(41)42/h1-13,18-19,21-22H,14-17H2,(H,35,40)(H,34,36,37). The first-order chi connectivity index (χ1) is 20.4. The summed E-state index contributed by atoms with van der Waals surface area (Å²) in [5.41, 5.74) is 4.38. The molecule has 2 aliphatic carbocycles. The third-order valence-electron chi connectivity index (χ3n) is 8.47. The number of carbonyl (C=O) groups excluding carboxylic acids is 1. The summed E-state index contributed by atoms with van der Waals surface area (Å²) in [6.07, 6.45) is 7.51. The van der Waals surface area contributed by atoms with Gasteiger partial charge in [-0.25, -0.2) is 9.97 Å². The van der Waals surface area contributed by atoms with Gasteiger partial charge in [0, 0.05) is 52.6 Å². The number of non-ortho nitro benzene ring substituents is 1. The lowest BCUT2D eigenvalue weighted by Crippen LogP contribution is -2.59. The van der Waals surface area contributed by atoms with E-state index in [1.165, 1.54) is 24.3 Å². The normalized spacial score (nSPS) is 21.0.